The summed E-state index contributed by atoms with van der Waals surface area (Å²) in [6.07, 6.45) is 4.39. The van der Waals surface area contributed by atoms with Gasteiger partial charge in [-0.25, -0.2) is 4.39 Å². The van der Waals surface area contributed by atoms with Gasteiger partial charge in [0, 0.05) is 19.0 Å². The first-order chi connectivity index (χ1) is 18.0. The van der Waals surface area contributed by atoms with Gasteiger partial charge in [0.2, 0.25) is 5.91 Å². The van der Waals surface area contributed by atoms with E-state index in [4.69, 9.17) is 9.47 Å². The van der Waals surface area contributed by atoms with Crippen LogP contribution in [0, 0.1) is 5.82 Å². The van der Waals surface area contributed by atoms with Crippen LogP contribution in [0.1, 0.15) is 36.8 Å². The van der Waals surface area contributed by atoms with E-state index in [-0.39, 0.29) is 36.8 Å². The van der Waals surface area contributed by atoms with Gasteiger partial charge in [0.05, 0.1) is 7.11 Å². The molecule has 7 heteroatoms. The number of carbonyl (C=O) groups is 2. The molecule has 0 saturated heterocycles. The second-order valence-electron chi connectivity index (χ2n) is 9.28. The predicted octanol–water partition coefficient (Wildman–Crippen LogP) is 4.91. The van der Waals surface area contributed by atoms with Gasteiger partial charge in [-0.3, -0.25) is 9.59 Å². The van der Waals surface area contributed by atoms with Gasteiger partial charge in [-0.1, -0.05) is 67.4 Å². The molecule has 37 heavy (non-hydrogen) atoms. The summed E-state index contributed by atoms with van der Waals surface area (Å²) in [6, 6.07) is 22.1. The molecule has 3 aromatic carbocycles. The van der Waals surface area contributed by atoms with Crippen molar-refractivity contribution >= 4 is 11.8 Å². The van der Waals surface area contributed by atoms with E-state index in [0.717, 1.165) is 36.8 Å². The van der Waals surface area contributed by atoms with Crippen molar-refractivity contribution in [2.75, 3.05) is 13.7 Å². The Morgan fingerprint density at radius 2 is 1.57 bits per heavy atom. The molecule has 4 rings (SSSR count). The van der Waals surface area contributed by atoms with Gasteiger partial charge in [-0.05, 0) is 48.2 Å². The predicted molar refractivity (Wildman–Crippen MR) is 140 cm³/mol. The van der Waals surface area contributed by atoms with E-state index in [0.29, 0.717) is 17.9 Å². The Kier molecular flexibility index (Phi) is 9.13. The summed E-state index contributed by atoms with van der Waals surface area (Å²) < 4.78 is 24.8. The molecular formula is C30H33FN2O4. The zero-order valence-corrected chi connectivity index (χ0v) is 21.1. The first kappa shape index (κ1) is 26.2. The molecule has 2 amide bonds. The lowest BCUT2D eigenvalue weighted by atomic mass is 10.0. The van der Waals surface area contributed by atoms with Crippen molar-refractivity contribution in [3.8, 4) is 11.5 Å². The van der Waals surface area contributed by atoms with Crippen LogP contribution in [0.25, 0.3) is 0 Å². The average Bonchev–Trinajstić information content (AvgIpc) is 3.44. The molecule has 0 spiro atoms. The lowest BCUT2D eigenvalue weighted by Crippen LogP contribution is -2.53. The minimum Gasteiger partial charge on any atom is -0.493 e. The molecule has 0 heterocycles. The number of benzene rings is 3. The Morgan fingerprint density at radius 3 is 2.24 bits per heavy atom. The van der Waals surface area contributed by atoms with Gasteiger partial charge in [0.25, 0.3) is 5.91 Å². The molecule has 1 fully saturated rings. The van der Waals surface area contributed by atoms with Crippen molar-refractivity contribution in [3.05, 3.63) is 95.8 Å². The average molecular weight is 505 g/mol. The SMILES string of the molecule is COc1ccccc1OCC(=O)N(Cc1ccc(F)cc1)C(Cc1ccccc1)C(=O)NC1CCCC1. The molecule has 0 bridgehead atoms. The lowest BCUT2D eigenvalue weighted by molar-refractivity contribution is -0.143. The fourth-order valence-electron chi connectivity index (χ4n) is 4.67. The van der Waals surface area contributed by atoms with E-state index in [1.807, 2.05) is 36.4 Å². The normalized spacial score (nSPS) is 14.1. The fourth-order valence-corrected chi connectivity index (χ4v) is 4.67. The van der Waals surface area contributed by atoms with Crippen LogP contribution in [0.4, 0.5) is 4.39 Å². The molecule has 0 aliphatic heterocycles. The van der Waals surface area contributed by atoms with Crippen LogP contribution in [0.3, 0.4) is 0 Å². The maximum Gasteiger partial charge on any atom is 0.261 e. The van der Waals surface area contributed by atoms with Crippen LogP contribution in [0.15, 0.2) is 78.9 Å². The molecule has 1 unspecified atom stereocenters. The largest absolute Gasteiger partial charge is 0.493 e. The molecule has 0 radical (unpaired) electrons. The Labute approximate surface area is 217 Å². The van der Waals surface area contributed by atoms with E-state index in [2.05, 4.69) is 5.32 Å². The van der Waals surface area contributed by atoms with Crippen LogP contribution in [0.5, 0.6) is 11.5 Å². The van der Waals surface area contributed by atoms with Gasteiger partial charge in [-0.2, -0.15) is 0 Å². The number of nitrogens with zero attached hydrogens (tertiary/aromatic N) is 1. The lowest BCUT2D eigenvalue weighted by Gasteiger charge is -2.32. The van der Waals surface area contributed by atoms with E-state index in [9.17, 15) is 14.0 Å². The Bertz CT molecular complexity index is 1160. The van der Waals surface area contributed by atoms with Crippen molar-refractivity contribution < 1.29 is 23.5 Å². The first-order valence-electron chi connectivity index (χ1n) is 12.7. The number of hydrogen-bond acceptors (Lipinski definition) is 4. The van der Waals surface area contributed by atoms with E-state index >= 15 is 0 Å². The highest BCUT2D eigenvalue weighted by atomic mass is 19.1. The van der Waals surface area contributed by atoms with Crippen LogP contribution in [-0.2, 0) is 22.6 Å². The molecule has 1 atom stereocenters. The zero-order valence-electron chi connectivity index (χ0n) is 21.1. The monoisotopic (exact) mass is 504 g/mol. The zero-order chi connectivity index (χ0) is 26.0. The maximum absolute atomic E-state index is 13.7. The summed E-state index contributed by atoms with van der Waals surface area (Å²) in [7, 11) is 1.54. The minimum absolute atomic E-state index is 0.110. The number of hydrogen-bond donors (Lipinski definition) is 1. The van der Waals surface area contributed by atoms with Gasteiger partial charge in [0.15, 0.2) is 18.1 Å². The smallest absolute Gasteiger partial charge is 0.261 e. The van der Waals surface area contributed by atoms with Crippen LogP contribution < -0.4 is 14.8 Å². The molecule has 1 saturated carbocycles. The molecule has 194 valence electrons. The highest BCUT2D eigenvalue weighted by molar-refractivity contribution is 5.88. The molecule has 6 nitrogen and oxygen atoms in total. The summed E-state index contributed by atoms with van der Waals surface area (Å²) in [5, 5.41) is 3.17. The quantitative estimate of drug-likeness (QED) is 0.403. The number of para-hydroxylation sites is 2. The van der Waals surface area contributed by atoms with E-state index in [1.54, 1.807) is 35.2 Å². The summed E-state index contributed by atoms with van der Waals surface area (Å²) >= 11 is 0. The van der Waals surface area contributed by atoms with E-state index in [1.165, 1.54) is 19.2 Å². The third-order valence-corrected chi connectivity index (χ3v) is 6.66. The number of rotatable bonds is 11. The fraction of sp³-hybridized carbons (Fsp3) is 0.333. The number of amides is 2. The third kappa shape index (κ3) is 7.32. The van der Waals surface area contributed by atoms with Crippen molar-refractivity contribution in [2.45, 2.75) is 50.7 Å². The topological polar surface area (TPSA) is 67.9 Å². The molecule has 1 aliphatic carbocycles. The van der Waals surface area contributed by atoms with Gasteiger partial charge in [-0.15, -0.1) is 0 Å². The van der Waals surface area contributed by atoms with Crippen molar-refractivity contribution in [1.29, 1.82) is 0 Å². The van der Waals surface area contributed by atoms with Gasteiger partial charge in [0.1, 0.15) is 11.9 Å². The Hall–Kier alpha value is -3.87. The summed E-state index contributed by atoms with van der Waals surface area (Å²) in [5.74, 6) is 0.0532. The van der Waals surface area contributed by atoms with Crippen LogP contribution >= 0.6 is 0 Å². The highest BCUT2D eigenvalue weighted by Gasteiger charge is 2.32. The number of halogens is 1. The first-order valence-corrected chi connectivity index (χ1v) is 12.7. The van der Waals surface area contributed by atoms with Crippen molar-refractivity contribution in [3.63, 3.8) is 0 Å². The third-order valence-electron chi connectivity index (χ3n) is 6.66. The number of ether oxygens (including phenoxy) is 2. The van der Waals surface area contributed by atoms with Crippen LogP contribution in [0.2, 0.25) is 0 Å². The van der Waals surface area contributed by atoms with Crippen molar-refractivity contribution in [1.82, 2.24) is 10.2 Å². The second kappa shape index (κ2) is 12.9. The molecular weight excluding hydrogens is 471 g/mol. The molecule has 1 N–H and O–H groups in total. The van der Waals surface area contributed by atoms with Crippen LogP contribution in [-0.4, -0.2) is 42.5 Å². The highest BCUT2D eigenvalue weighted by Crippen LogP contribution is 2.26. The van der Waals surface area contributed by atoms with Gasteiger partial charge < -0.3 is 19.7 Å². The summed E-state index contributed by atoms with van der Waals surface area (Å²) in [6.45, 7) is -0.131. The molecule has 1 aliphatic rings. The maximum atomic E-state index is 13.7. The number of nitrogens with one attached hydrogen (secondary N) is 1. The van der Waals surface area contributed by atoms with Crippen molar-refractivity contribution in [2.24, 2.45) is 0 Å². The number of carbonyl (C=O) groups excluding carboxylic acids is 2. The van der Waals surface area contributed by atoms with Gasteiger partial charge >= 0.3 is 0 Å². The summed E-state index contributed by atoms with van der Waals surface area (Å²) in [5.41, 5.74) is 1.66. The molecule has 3 aromatic rings. The number of methoxy groups -OCH3 is 1. The molecule has 0 aromatic heterocycles. The van der Waals surface area contributed by atoms with E-state index < -0.39 is 6.04 Å². The Morgan fingerprint density at radius 1 is 0.919 bits per heavy atom. The Balaban J connectivity index is 1.61. The summed E-state index contributed by atoms with van der Waals surface area (Å²) in [4.78, 5) is 28.9. The minimum atomic E-state index is -0.762. The second-order valence-corrected chi connectivity index (χ2v) is 9.28. The standard InChI is InChI=1S/C30H33FN2O4/c1-36-27-13-7-8-14-28(27)37-21-29(34)33(20-23-15-17-24(31)18-16-23)26(19-22-9-3-2-4-10-22)30(35)32-25-11-5-6-12-25/h2-4,7-10,13-18,25-26H,5-6,11-12,19-21H2,1H3,(H,32,35).